The number of rotatable bonds is 3. The van der Waals surface area contributed by atoms with Crippen LogP contribution in [-0.2, 0) is 6.42 Å². The second-order valence-electron chi connectivity index (χ2n) is 6.72. The molecule has 0 saturated carbocycles. The van der Waals surface area contributed by atoms with Gasteiger partial charge >= 0.3 is 0 Å². The van der Waals surface area contributed by atoms with E-state index < -0.39 is 0 Å². The van der Waals surface area contributed by atoms with Gasteiger partial charge in [0.05, 0.1) is 21.3 Å². The maximum absolute atomic E-state index is 5.72. The van der Waals surface area contributed by atoms with Gasteiger partial charge < -0.3 is 23.7 Å². The molecule has 2 aromatic carbocycles. The van der Waals surface area contributed by atoms with Crippen LogP contribution in [0.4, 0.5) is 0 Å². The average Bonchev–Trinajstić information content (AvgIpc) is 3.19. The molecule has 28 heavy (non-hydrogen) atoms. The first-order valence-corrected chi connectivity index (χ1v) is 9.08. The Labute approximate surface area is 164 Å². The van der Waals surface area contributed by atoms with E-state index in [0.717, 1.165) is 29.8 Å². The molecule has 0 fully saturated rings. The van der Waals surface area contributed by atoms with Crippen LogP contribution in [0, 0.1) is 11.8 Å². The van der Waals surface area contributed by atoms with Gasteiger partial charge in [-0.1, -0.05) is 11.8 Å². The Bertz CT molecular complexity index is 937. The number of likely N-dealkylation sites (N-methyl/N-ethyl adjacent to an activating group) is 1. The number of hydrogen-bond acceptors (Lipinski definition) is 6. The Hall–Kier alpha value is -3.04. The Kier molecular flexibility index (Phi) is 4.93. The molecule has 1 atom stereocenters. The average molecular weight is 381 g/mol. The molecule has 6 heteroatoms. The van der Waals surface area contributed by atoms with Gasteiger partial charge in [0.1, 0.15) is 17.5 Å². The number of ether oxygens (including phenoxy) is 5. The molecule has 2 aliphatic rings. The van der Waals surface area contributed by atoms with E-state index in [1.807, 2.05) is 18.2 Å². The molecule has 0 aliphatic carbocycles. The van der Waals surface area contributed by atoms with Crippen molar-refractivity contribution < 1.29 is 23.7 Å². The van der Waals surface area contributed by atoms with Crippen molar-refractivity contribution in [3.05, 3.63) is 41.0 Å². The molecule has 2 aromatic rings. The van der Waals surface area contributed by atoms with Gasteiger partial charge in [0.15, 0.2) is 11.5 Å². The van der Waals surface area contributed by atoms with E-state index in [9.17, 15) is 0 Å². The Balaban J connectivity index is 1.78. The van der Waals surface area contributed by atoms with E-state index in [4.69, 9.17) is 23.7 Å². The first-order valence-electron chi connectivity index (χ1n) is 9.08. The smallest absolute Gasteiger partial charge is 0.231 e. The molecule has 6 nitrogen and oxygen atoms in total. The van der Waals surface area contributed by atoms with Crippen LogP contribution in [-0.4, -0.2) is 46.6 Å². The molecule has 0 amide bonds. The minimum atomic E-state index is -0.120. The molecule has 1 unspecified atom stereocenters. The fourth-order valence-corrected chi connectivity index (χ4v) is 3.65. The van der Waals surface area contributed by atoms with Crippen molar-refractivity contribution >= 4 is 0 Å². The second kappa shape index (κ2) is 7.53. The third kappa shape index (κ3) is 3.19. The number of methoxy groups -OCH3 is 3. The van der Waals surface area contributed by atoms with Gasteiger partial charge in [0.2, 0.25) is 12.5 Å². The molecular formula is C22H23NO5. The van der Waals surface area contributed by atoms with Crippen LogP contribution in [0.1, 0.15) is 22.7 Å². The molecule has 0 bridgehead atoms. The quantitative estimate of drug-likeness (QED) is 0.762. The van der Waals surface area contributed by atoms with Crippen molar-refractivity contribution in [3.8, 4) is 40.6 Å². The first-order chi connectivity index (χ1) is 13.6. The molecule has 2 heterocycles. The topological polar surface area (TPSA) is 49.4 Å². The normalized spacial score (nSPS) is 17.4. The van der Waals surface area contributed by atoms with Crippen molar-refractivity contribution in [1.82, 2.24) is 4.90 Å². The van der Waals surface area contributed by atoms with E-state index in [0.29, 0.717) is 23.0 Å². The van der Waals surface area contributed by atoms with Gasteiger partial charge in [0, 0.05) is 23.7 Å². The summed E-state index contributed by atoms with van der Waals surface area (Å²) in [5.74, 6) is 10.2. The van der Waals surface area contributed by atoms with Crippen LogP contribution < -0.4 is 23.7 Å². The molecule has 0 saturated heterocycles. The van der Waals surface area contributed by atoms with Crippen LogP contribution in [0.5, 0.6) is 28.7 Å². The summed E-state index contributed by atoms with van der Waals surface area (Å²) in [5.41, 5.74) is 3.06. The van der Waals surface area contributed by atoms with Gasteiger partial charge in [-0.05, 0) is 37.2 Å². The predicted octanol–water partition coefficient (Wildman–Crippen LogP) is 3.02. The zero-order valence-electron chi connectivity index (χ0n) is 16.5. The van der Waals surface area contributed by atoms with Crippen LogP contribution in [0.15, 0.2) is 24.3 Å². The summed E-state index contributed by atoms with van der Waals surface area (Å²) in [7, 11) is 6.98. The molecule has 0 aromatic heterocycles. The van der Waals surface area contributed by atoms with Gasteiger partial charge in [-0.2, -0.15) is 0 Å². The molecule has 146 valence electrons. The molecule has 0 spiro atoms. The monoisotopic (exact) mass is 381 g/mol. The van der Waals surface area contributed by atoms with Crippen molar-refractivity contribution in [2.45, 2.75) is 12.5 Å². The summed E-state index contributed by atoms with van der Waals surface area (Å²) in [6.07, 6.45) is 0.907. The summed E-state index contributed by atoms with van der Waals surface area (Å²) in [6.45, 7) is 1.11. The Morgan fingerprint density at radius 1 is 1.00 bits per heavy atom. The summed E-state index contributed by atoms with van der Waals surface area (Å²) in [5, 5.41) is 0. The summed E-state index contributed by atoms with van der Waals surface area (Å²) < 4.78 is 27.6. The lowest BCUT2D eigenvalue weighted by atomic mass is 9.91. The maximum Gasteiger partial charge on any atom is 0.231 e. The molecule has 0 N–H and O–H groups in total. The number of nitrogens with zero attached hydrogens (tertiary/aromatic N) is 1. The SMILES string of the molecule is COc1cc(C#CC2c3c(cc4c(c3OC)OCO4)CCN2C)cc(OC)c1. The summed E-state index contributed by atoms with van der Waals surface area (Å²) in [4.78, 5) is 2.22. The minimum absolute atomic E-state index is 0.120. The second-order valence-corrected chi connectivity index (χ2v) is 6.72. The third-order valence-corrected chi connectivity index (χ3v) is 5.10. The van der Waals surface area contributed by atoms with Gasteiger partial charge in [-0.15, -0.1) is 0 Å². The first kappa shape index (κ1) is 18.3. The Morgan fingerprint density at radius 2 is 1.75 bits per heavy atom. The largest absolute Gasteiger partial charge is 0.497 e. The lowest BCUT2D eigenvalue weighted by molar-refractivity contribution is 0.171. The fraction of sp³-hybridized carbons (Fsp3) is 0.364. The number of benzene rings is 2. The van der Waals surface area contributed by atoms with E-state index in [2.05, 4.69) is 29.9 Å². The molecule has 2 aliphatic heterocycles. The van der Waals surface area contributed by atoms with E-state index in [1.165, 1.54) is 5.56 Å². The number of hydrogen-bond donors (Lipinski definition) is 0. The van der Waals surface area contributed by atoms with Crippen molar-refractivity contribution in [2.24, 2.45) is 0 Å². The highest BCUT2D eigenvalue weighted by atomic mass is 16.7. The van der Waals surface area contributed by atoms with Crippen molar-refractivity contribution in [2.75, 3.05) is 41.7 Å². The standard InChI is InChI=1S/C22H23NO5/c1-23-8-7-15-11-19-21(28-13-27-19)22(26-4)20(15)18(23)6-5-14-9-16(24-2)12-17(10-14)25-3/h9-12,18H,7-8,13H2,1-4H3. The fourth-order valence-electron chi connectivity index (χ4n) is 3.65. The van der Waals surface area contributed by atoms with Crippen molar-refractivity contribution in [1.29, 1.82) is 0 Å². The van der Waals surface area contributed by atoms with Crippen molar-refractivity contribution in [3.63, 3.8) is 0 Å². The third-order valence-electron chi connectivity index (χ3n) is 5.10. The van der Waals surface area contributed by atoms with E-state index in [-0.39, 0.29) is 12.8 Å². The van der Waals surface area contributed by atoms with E-state index >= 15 is 0 Å². The van der Waals surface area contributed by atoms with Gasteiger partial charge in [-0.3, -0.25) is 4.90 Å². The van der Waals surface area contributed by atoms with Crippen LogP contribution in [0.3, 0.4) is 0 Å². The number of fused-ring (bicyclic) bond motifs is 2. The summed E-state index contributed by atoms with van der Waals surface area (Å²) in [6, 6.07) is 7.56. The van der Waals surface area contributed by atoms with Gasteiger partial charge in [0.25, 0.3) is 0 Å². The predicted molar refractivity (Wildman–Crippen MR) is 105 cm³/mol. The molecule has 4 rings (SSSR count). The molecular weight excluding hydrogens is 358 g/mol. The molecule has 0 radical (unpaired) electrons. The van der Waals surface area contributed by atoms with Crippen LogP contribution in [0.25, 0.3) is 0 Å². The zero-order chi connectivity index (χ0) is 19.7. The van der Waals surface area contributed by atoms with E-state index in [1.54, 1.807) is 21.3 Å². The minimum Gasteiger partial charge on any atom is -0.497 e. The highest BCUT2D eigenvalue weighted by Crippen LogP contribution is 2.49. The zero-order valence-corrected chi connectivity index (χ0v) is 16.5. The lowest BCUT2D eigenvalue weighted by Crippen LogP contribution is -2.31. The maximum atomic E-state index is 5.72. The lowest BCUT2D eigenvalue weighted by Gasteiger charge is -2.32. The van der Waals surface area contributed by atoms with Crippen LogP contribution >= 0.6 is 0 Å². The summed E-state index contributed by atoms with van der Waals surface area (Å²) >= 11 is 0. The highest BCUT2D eigenvalue weighted by molar-refractivity contribution is 5.63. The van der Waals surface area contributed by atoms with Crippen LogP contribution in [0.2, 0.25) is 0 Å². The van der Waals surface area contributed by atoms with Gasteiger partial charge in [-0.25, -0.2) is 0 Å². The highest BCUT2D eigenvalue weighted by Gasteiger charge is 2.33. The Morgan fingerprint density at radius 3 is 2.43 bits per heavy atom.